The fourth-order valence-corrected chi connectivity index (χ4v) is 3.33. The third-order valence-corrected chi connectivity index (χ3v) is 4.71. The normalized spacial score (nSPS) is 11.1. The first-order valence-electron chi connectivity index (χ1n) is 7.28. The van der Waals surface area contributed by atoms with Gasteiger partial charge in [-0.05, 0) is 17.7 Å². The second kappa shape index (κ2) is 6.22. The number of hydrogen-bond acceptors (Lipinski definition) is 4. The van der Waals surface area contributed by atoms with Gasteiger partial charge in [0.15, 0.2) is 0 Å². The zero-order valence-corrected chi connectivity index (χ0v) is 14.0. The molecule has 0 spiro atoms. The van der Waals surface area contributed by atoms with Gasteiger partial charge in [-0.1, -0.05) is 59.3 Å². The highest BCUT2D eigenvalue weighted by molar-refractivity contribution is 7.20. The van der Waals surface area contributed by atoms with Crippen molar-refractivity contribution in [2.45, 2.75) is 6.54 Å². The molecule has 0 aliphatic heterocycles. The zero-order valence-electron chi connectivity index (χ0n) is 12.4. The Morgan fingerprint density at radius 2 is 2.00 bits per heavy atom. The van der Waals surface area contributed by atoms with E-state index < -0.39 is 5.82 Å². The molecule has 2 aromatic carbocycles. The van der Waals surface area contributed by atoms with Crippen LogP contribution in [0.25, 0.3) is 16.2 Å². The van der Waals surface area contributed by atoms with E-state index in [1.807, 2.05) is 36.5 Å². The molecule has 4 aromatic rings. The van der Waals surface area contributed by atoms with Gasteiger partial charge >= 0.3 is 0 Å². The van der Waals surface area contributed by atoms with E-state index in [2.05, 4.69) is 15.4 Å². The lowest BCUT2D eigenvalue weighted by Gasteiger charge is -2.03. The number of anilines is 1. The number of nitrogens with zero attached hydrogens (tertiary/aromatic N) is 3. The number of halogens is 2. The predicted octanol–water partition coefficient (Wildman–Crippen LogP) is 4.86. The molecule has 24 heavy (non-hydrogen) atoms. The first kappa shape index (κ1) is 15.1. The molecule has 120 valence electrons. The smallest absolute Gasteiger partial charge is 0.214 e. The monoisotopic (exact) mass is 358 g/mol. The standard InChI is InChI=1S/C17H12ClFN4S/c18-13-8-11(6-7-14(13)19)9-20-16-22-23-10-15(21-17(23)24-16)12-4-2-1-3-5-12/h1-8,10H,9H2,(H,20,22). The summed E-state index contributed by atoms with van der Waals surface area (Å²) in [5.74, 6) is -0.415. The van der Waals surface area contributed by atoms with Gasteiger partial charge in [-0.3, -0.25) is 0 Å². The van der Waals surface area contributed by atoms with Crippen molar-refractivity contribution in [1.29, 1.82) is 0 Å². The molecule has 2 heterocycles. The van der Waals surface area contributed by atoms with Crippen LogP contribution in [0, 0.1) is 5.82 Å². The second-order valence-corrected chi connectivity index (χ2v) is 6.59. The van der Waals surface area contributed by atoms with Crippen molar-refractivity contribution in [3.8, 4) is 11.3 Å². The highest BCUT2D eigenvalue weighted by Gasteiger charge is 2.09. The first-order valence-corrected chi connectivity index (χ1v) is 8.48. The highest BCUT2D eigenvalue weighted by atomic mass is 35.5. The van der Waals surface area contributed by atoms with Crippen LogP contribution in [-0.2, 0) is 6.54 Å². The molecule has 4 rings (SSSR count). The van der Waals surface area contributed by atoms with Crippen LogP contribution in [0.15, 0.2) is 54.7 Å². The molecule has 0 saturated heterocycles. The Bertz CT molecular complexity index is 965. The van der Waals surface area contributed by atoms with Gasteiger partial charge in [-0.25, -0.2) is 13.9 Å². The number of aromatic nitrogens is 3. The lowest BCUT2D eigenvalue weighted by atomic mass is 10.2. The summed E-state index contributed by atoms with van der Waals surface area (Å²) >= 11 is 7.25. The molecule has 4 nitrogen and oxygen atoms in total. The molecule has 0 aliphatic rings. The van der Waals surface area contributed by atoms with Crippen LogP contribution in [0.3, 0.4) is 0 Å². The number of benzene rings is 2. The van der Waals surface area contributed by atoms with Crippen LogP contribution in [0.1, 0.15) is 5.56 Å². The summed E-state index contributed by atoms with van der Waals surface area (Å²) in [4.78, 5) is 5.41. The molecule has 0 atom stereocenters. The molecule has 0 radical (unpaired) electrons. The molecule has 0 aliphatic carbocycles. The molecule has 0 fully saturated rings. The van der Waals surface area contributed by atoms with Gasteiger partial charge in [0.1, 0.15) is 5.82 Å². The molecule has 7 heteroatoms. The third-order valence-electron chi connectivity index (χ3n) is 3.54. The summed E-state index contributed by atoms with van der Waals surface area (Å²) in [7, 11) is 0. The summed E-state index contributed by atoms with van der Waals surface area (Å²) in [6, 6.07) is 14.6. The van der Waals surface area contributed by atoms with Gasteiger partial charge < -0.3 is 5.32 Å². The first-order chi connectivity index (χ1) is 11.7. The van der Waals surface area contributed by atoms with Crippen molar-refractivity contribution in [3.05, 3.63) is 71.1 Å². The molecule has 1 N–H and O–H groups in total. The minimum absolute atomic E-state index is 0.121. The van der Waals surface area contributed by atoms with Gasteiger partial charge in [-0.2, -0.15) is 0 Å². The third kappa shape index (κ3) is 2.98. The van der Waals surface area contributed by atoms with E-state index in [0.29, 0.717) is 6.54 Å². The van der Waals surface area contributed by atoms with E-state index in [-0.39, 0.29) is 5.02 Å². The average Bonchev–Trinajstić information content (AvgIpc) is 3.15. The van der Waals surface area contributed by atoms with Crippen molar-refractivity contribution in [2.24, 2.45) is 0 Å². The Morgan fingerprint density at radius 1 is 1.17 bits per heavy atom. The van der Waals surface area contributed by atoms with Crippen LogP contribution in [0.4, 0.5) is 9.52 Å². The molecule has 0 bridgehead atoms. The van der Waals surface area contributed by atoms with Crippen molar-refractivity contribution >= 4 is 33.0 Å². The SMILES string of the molecule is Fc1ccc(CNc2nn3cc(-c4ccccc4)nc3s2)cc1Cl. The van der Waals surface area contributed by atoms with Gasteiger partial charge in [-0.15, -0.1) is 5.10 Å². The second-order valence-electron chi connectivity index (χ2n) is 5.23. The molecular formula is C17H12ClFN4S. The number of imidazole rings is 1. The van der Waals surface area contributed by atoms with Crippen LogP contribution < -0.4 is 5.32 Å². The quantitative estimate of drug-likeness (QED) is 0.566. The van der Waals surface area contributed by atoms with E-state index in [9.17, 15) is 4.39 Å². The van der Waals surface area contributed by atoms with Crippen molar-refractivity contribution in [2.75, 3.05) is 5.32 Å². The van der Waals surface area contributed by atoms with Crippen LogP contribution >= 0.6 is 22.9 Å². The largest absolute Gasteiger partial charge is 0.356 e. The van der Waals surface area contributed by atoms with Crippen molar-refractivity contribution in [3.63, 3.8) is 0 Å². The molecule has 0 saturated carbocycles. The Kier molecular flexibility index (Phi) is 3.92. The summed E-state index contributed by atoms with van der Waals surface area (Å²) in [6.45, 7) is 0.516. The van der Waals surface area contributed by atoms with E-state index in [0.717, 1.165) is 26.9 Å². The zero-order chi connectivity index (χ0) is 16.5. The fraction of sp³-hybridized carbons (Fsp3) is 0.0588. The fourth-order valence-electron chi connectivity index (χ4n) is 2.35. The summed E-state index contributed by atoms with van der Waals surface area (Å²) in [6.07, 6.45) is 1.90. The minimum atomic E-state index is -0.415. The predicted molar refractivity (Wildman–Crippen MR) is 95.0 cm³/mol. The molecule has 0 amide bonds. The Hall–Kier alpha value is -2.44. The van der Waals surface area contributed by atoms with Gasteiger partial charge in [0.25, 0.3) is 0 Å². The van der Waals surface area contributed by atoms with Crippen LogP contribution in [0.2, 0.25) is 5.02 Å². The van der Waals surface area contributed by atoms with E-state index in [4.69, 9.17) is 11.6 Å². The topological polar surface area (TPSA) is 42.2 Å². The summed E-state index contributed by atoms with van der Waals surface area (Å²) in [5, 5.41) is 8.55. The summed E-state index contributed by atoms with van der Waals surface area (Å²) < 4.78 is 14.9. The Morgan fingerprint density at radius 3 is 2.75 bits per heavy atom. The summed E-state index contributed by atoms with van der Waals surface area (Å²) in [5.41, 5.74) is 2.84. The van der Waals surface area contributed by atoms with Gasteiger partial charge in [0.2, 0.25) is 10.1 Å². The lowest BCUT2D eigenvalue weighted by Crippen LogP contribution is -1.99. The average molecular weight is 359 g/mol. The number of rotatable bonds is 4. The van der Waals surface area contributed by atoms with Crippen LogP contribution in [0.5, 0.6) is 0 Å². The van der Waals surface area contributed by atoms with E-state index in [1.165, 1.54) is 17.4 Å². The highest BCUT2D eigenvalue weighted by Crippen LogP contribution is 2.25. The lowest BCUT2D eigenvalue weighted by molar-refractivity contribution is 0.627. The van der Waals surface area contributed by atoms with Crippen molar-refractivity contribution < 1.29 is 4.39 Å². The number of hydrogen-bond donors (Lipinski definition) is 1. The molecule has 0 unspecified atom stereocenters. The number of fused-ring (bicyclic) bond motifs is 1. The Balaban J connectivity index is 1.51. The van der Waals surface area contributed by atoms with Crippen LogP contribution in [-0.4, -0.2) is 14.6 Å². The maximum Gasteiger partial charge on any atom is 0.214 e. The molecular weight excluding hydrogens is 347 g/mol. The molecule has 2 aromatic heterocycles. The maximum atomic E-state index is 13.2. The van der Waals surface area contributed by atoms with E-state index >= 15 is 0 Å². The van der Waals surface area contributed by atoms with Gasteiger partial charge in [0, 0.05) is 12.1 Å². The number of nitrogens with one attached hydrogen (secondary N) is 1. The van der Waals surface area contributed by atoms with E-state index in [1.54, 1.807) is 16.6 Å². The van der Waals surface area contributed by atoms with Gasteiger partial charge in [0.05, 0.1) is 16.9 Å². The maximum absolute atomic E-state index is 13.2. The minimum Gasteiger partial charge on any atom is -0.356 e. The Labute approximate surface area is 146 Å². The van der Waals surface area contributed by atoms with Crippen molar-refractivity contribution in [1.82, 2.24) is 14.6 Å².